The van der Waals surface area contributed by atoms with Crippen molar-refractivity contribution in [1.29, 1.82) is 5.26 Å². The Kier molecular flexibility index (Phi) is 3.02. The Morgan fingerprint density at radius 3 is 3.00 bits per heavy atom. The Bertz CT molecular complexity index is 376. The normalized spacial score (nSPS) is 14.6. The lowest BCUT2D eigenvalue weighted by molar-refractivity contribution is -0.130. The van der Waals surface area contributed by atoms with Gasteiger partial charge in [-0.15, -0.1) is 11.3 Å². The third-order valence-electron chi connectivity index (χ3n) is 2.45. The molecule has 0 aliphatic heterocycles. The van der Waals surface area contributed by atoms with Crippen LogP contribution in [0.15, 0.2) is 17.5 Å². The second kappa shape index (κ2) is 4.45. The first-order valence-electron chi connectivity index (χ1n) is 5.00. The highest BCUT2D eigenvalue weighted by atomic mass is 32.1. The van der Waals surface area contributed by atoms with E-state index in [1.165, 1.54) is 0 Å². The molecule has 1 saturated carbocycles. The van der Waals surface area contributed by atoms with Crippen molar-refractivity contribution in [2.75, 3.05) is 6.54 Å². The Morgan fingerprint density at radius 1 is 1.67 bits per heavy atom. The minimum atomic E-state index is 0.0847. The van der Waals surface area contributed by atoms with Gasteiger partial charge in [0.05, 0.1) is 12.5 Å². The summed E-state index contributed by atoms with van der Waals surface area (Å²) in [6.07, 6.45) is 2.55. The van der Waals surface area contributed by atoms with Crippen molar-refractivity contribution in [2.45, 2.75) is 25.3 Å². The topological polar surface area (TPSA) is 44.1 Å². The lowest BCUT2D eigenvalue weighted by Gasteiger charge is -2.18. The molecule has 78 valence electrons. The fraction of sp³-hybridized carbons (Fsp3) is 0.455. The molecule has 2 rings (SSSR count). The molecule has 0 saturated heterocycles. The van der Waals surface area contributed by atoms with Gasteiger partial charge in [0.25, 0.3) is 0 Å². The maximum absolute atomic E-state index is 11.9. The number of thiophene rings is 1. The van der Waals surface area contributed by atoms with Crippen LogP contribution in [0.3, 0.4) is 0 Å². The van der Waals surface area contributed by atoms with Gasteiger partial charge < -0.3 is 4.90 Å². The van der Waals surface area contributed by atoms with Crippen molar-refractivity contribution in [3.8, 4) is 6.07 Å². The van der Waals surface area contributed by atoms with Crippen LogP contribution in [0.5, 0.6) is 0 Å². The van der Waals surface area contributed by atoms with Gasteiger partial charge in [-0.1, -0.05) is 6.07 Å². The number of nitriles is 1. The molecule has 3 nitrogen and oxygen atoms in total. The predicted molar refractivity (Wildman–Crippen MR) is 58.4 cm³/mol. The van der Waals surface area contributed by atoms with Crippen molar-refractivity contribution in [2.24, 2.45) is 0 Å². The van der Waals surface area contributed by atoms with Gasteiger partial charge in [-0.05, 0) is 24.3 Å². The van der Waals surface area contributed by atoms with Crippen molar-refractivity contribution in [3.63, 3.8) is 0 Å². The van der Waals surface area contributed by atoms with Crippen LogP contribution in [0.1, 0.15) is 17.7 Å². The molecule has 0 N–H and O–H groups in total. The van der Waals surface area contributed by atoms with Gasteiger partial charge in [-0.2, -0.15) is 5.26 Å². The highest BCUT2D eigenvalue weighted by Gasteiger charge is 2.32. The SMILES string of the molecule is N#CCN(C(=O)Cc1cccs1)C1CC1. The predicted octanol–water partition coefficient (Wildman–Crippen LogP) is 1.81. The van der Waals surface area contributed by atoms with Gasteiger partial charge in [0.1, 0.15) is 6.54 Å². The maximum atomic E-state index is 11.9. The molecule has 0 atom stereocenters. The minimum absolute atomic E-state index is 0.0847. The van der Waals surface area contributed by atoms with E-state index in [9.17, 15) is 4.79 Å². The van der Waals surface area contributed by atoms with Crippen molar-refractivity contribution in [1.82, 2.24) is 4.90 Å². The molecule has 1 heterocycles. The van der Waals surface area contributed by atoms with Gasteiger partial charge >= 0.3 is 0 Å². The van der Waals surface area contributed by atoms with E-state index in [4.69, 9.17) is 5.26 Å². The molecule has 4 heteroatoms. The standard InChI is InChI=1S/C11H12N2OS/c12-5-6-13(9-3-4-9)11(14)8-10-2-1-7-15-10/h1-2,7,9H,3-4,6,8H2. The number of hydrogen-bond acceptors (Lipinski definition) is 3. The van der Waals surface area contributed by atoms with Crippen LogP contribution in [-0.2, 0) is 11.2 Å². The van der Waals surface area contributed by atoms with Gasteiger partial charge in [-0.25, -0.2) is 0 Å². The van der Waals surface area contributed by atoms with E-state index in [1.54, 1.807) is 16.2 Å². The number of carbonyl (C=O) groups is 1. The molecule has 1 fully saturated rings. The summed E-state index contributed by atoms with van der Waals surface area (Å²) in [5, 5.41) is 10.6. The second-order valence-electron chi connectivity index (χ2n) is 3.67. The third-order valence-corrected chi connectivity index (χ3v) is 3.33. The van der Waals surface area contributed by atoms with E-state index in [0.717, 1.165) is 17.7 Å². The monoisotopic (exact) mass is 220 g/mol. The van der Waals surface area contributed by atoms with Crippen molar-refractivity contribution in [3.05, 3.63) is 22.4 Å². The molecule has 1 aromatic rings. The number of rotatable bonds is 4. The van der Waals surface area contributed by atoms with E-state index in [1.807, 2.05) is 17.5 Å². The largest absolute Gasteiger partial charge is 0.326 e. The molecular weight excluding hydrogens is 208 g/mol. The first-order valence-corrected chi connectivity index (χ1v) is 5.88. The van der Waals surface area contributed by atoms with E-state index in [0.29, 0.717) is 12.5 Å². The van der Waals surface area contributed by atoms with E-state index in [2.05, 4.69) is 6.07 Å². The molecular formula is C11H12N2OS. The number of nitrogens with zero attached hydrogens (tertiary/aromatic N) is 2. The molecule has 0 bridgehead atoms. The van der Waals surface area contributed by atoms with Crippen LogP contribution >= 0.6 is 11.3 Å². The van der Waals surface area contributed by atoms with E-state index < -0.39 is 0 Å². The smallest absolute Gasteiger partial charge is 0.228 e. The van der Waals surface area contributed by atoms with Gasteiger partial charge in [0.2, 0.25) is 5.91 Å². The zero-order chi connectivity index (χ0) is 10.7. The molecule has 1 aromatic heterocycles. The number of hydrogen-bond donors (Lipinski definition) is 0. The Balaban J connectivity index is 1.96. The summed E-state index contributed by atoms with van der Waals surface area (Å²) in [4.78, 5) is 14.6. The van der Waals surface area contributed by atoms with Crippen LogP contribution in [0.25, 0.3) is 0 Å². The Hall–Kier alpha value is -1.34. The van der Waals surface area contributed by atoms with Crippen molar-refractivity contribution < 1.29 is 4.79 Å². The van der Waals surface area contributed by atoms with Crippen molar-refractivity contribution >= 4 is 17.2 Å². The lowest BCUT2D eigenvalue weighted by atomic mass is 10.3. The fourth-order valence-electron chi connectivity index (χ4n) is 1.55. The molecule has 1 aliphatic rings. The van der Waals surface area contributed by atoms with E-state index >= 15 is 0 Å². The highest BCUT2D eigenvalue weighted by Crippen LogP contribution is 2.27. The average molecular weight is 220 g/mol. The Labute approximate surface area is 92.9 Å². The van der Waals surface area contributed by atoms with Crippen LogP contribution in [0.2, 0.25) is 0 Å². The van der Waals surface area contributed by atoms with Crippen LogP contribution in [0, 0.1) is 11.3 Å². The van der Waals surface area contributed by atoms with E-state index in [-0.39, 0.29) is 12.5 Å². The number of carbonyl (C=O) groups excluding carboxylic acids is 1. The van der Waals surface area contributed by atoms with Crippen LogP contribution < -0.4 is 0 Å². The summed E-state index contributed by atoms with van der Waals surface area (Å²) in [6.45, 7) is 0.231. The first-order chi connectivity index (χ1) is 7.31. The van der Waals surface area contributed by atoms with Gasteiger partial charge in [0, 0.05) is 10.9 Å². The fourth-order valence-corrected chi connectivity index (χ4v) is 2.24. The summed E-state index contributed by atoms with van der Waals surface area (Å²) in [7, 11) is 0. The molecule has 0 unspecified atom stereocenters. The van der Waals surface area contributed by atoms with Gasteiger partial charge in [-0.3, -0.25) is 4.79 Å². The average Bonchev–Trinajstić information content (AvgIpc) is 2.93. The van der Waals surface area contributed by atoms with Gasteiger partial charge in [0.15, 0.2) is 0 Å². The molecule has 1 aliphatic carbocycles. The zero-order valence-electron chi connectivity index (χ0n) is 8.35. The molecule has 0 aromatic carbocycles. The molecule has 0 radical (unpaired) electrons. The summed E-state index contributed by atoms with van der Waals surface area (Å²) >= 11 is 1.59. The minimum Gasteiger partial charge on any atom is -0.326 e. The van der Waals surface area contributed by atoms with Crippen LogP contribution in [0.4, 0.5) is 0 Å². The third kappa shape index (κ3) is 2.57. The summed E-state index contributed by atoms with van der Waals surface area (Å²) in [5.74, 6) is 0.0847. The zero-order valence-corrected chi connectivity index (χ0v) is 9.17. The summed E-state index contributed by atoms with van der Waals surface area (Å²) < 4.78 is 0. The summed E-state index contributed by atoms with van der Waals surface area (Å²) in [6, 6.07) is 6.29. The van der Waals surface area contributed by atoms with Crippen LogP contribution in [-0.4, -0.2) is 23.4 Å². The first kappa shape index (κ1) is 10.2. The molecule has 1 amide bonds. The number of amides is 1. The quantitative estimate of drug-likeness (QED) is 0.726. The second-order valence-corrected chi connectivity index (χ2v) is 4.70. The maximum Gasteiger partial charge on any atom is 0.228 e. The Morgan fingerprint density at radius 2 is 2.47 bits per heavy atom. The molecule has 0 spiro atoms. The molecule has 15 heavy (non-hydrogen) atoms. The lowest BCUT2D eigenvalue weighted by Crippen LogP contribution is -2.34. The summed E-state index contributed by atoms with van der Waals surface area (Å²) in [5.41, 5.74) is 0. The highest BCUT2D eigenvalue weighted by molar-refractivity contribution is 7.10.